The van der Waals surface area contributed by atoms with Crippen LogP contribution in [-0.4, -0.2) is 42.4 Å². The van der Waals surface area contributed by atoms with E-state index in [1.165, 1.54) is 0 Å². The van der Waals surface area contributed by atoms with Crippen LogP contribution in [0, 0.1) is 0 Å². The lowest BCUT2D eigenvalue weighted by molar-refractivity contribution is -0.120. The van der Waals surface area contributed by atoms with E-state index in [1.54, 1.807) is 29.2 Å². The minimum atomic E-state index is -0.652. The maximum atomic E-state index is 12.3. The summed E-state index contributed by atoms with van der Waals surface area (Å²) in [5.41, 5.74) is 6.04. The molecular weight excluding hydrogens is 260 g/mol. The third-order valence-corrected chi connectivity index (χ3v) is 3.00. The molecule has 0 aromatic heterocycles. The number of carbonyl (C=O) groups excluding carboxylic acids is 3. The second-order valence-electron chi connectivity index (χ2n) is 4.46. The molecule has 1 heterocycles. The van der Waals surface area contributed by atoms with Crippen LogP contribution in [0.1, 0.15) is 16.8 Å². The fourth-order valence-electron chi connectivity index (χ4n) is 1.99. The van der Waals surface area contributed by atoms with Gasteiger partial charge in [-0.2, -0.15) is 0 Å². The number of amides is 4. The molecule has 1 aliphatic rings. The van der Waals surface area contributed by atoms with Crippen LogP contribution in [0.3, 0.4) is 0 Å². The van der Waals surface area contributed by atoms with Crippen molar-refractivity contribution in [3.8, 4) is 0 Å². The maximum absolute atomic E-state index is 12.3. The van der Waals surface area contributed by atoms with Crippen molar-refractivity contribution in [1.82, 2.24) is 10.2 Å². The molecule has 0 saturated carbocycles. The van der Waals surface area contributed by atoms with Crippen LogP contribution >= 0.6 is 0 Å². The van der Waals surface area contributed by atoms with Gasteiger partial charge in [-0.15, -0.1) is 0 Å². The van der Waals surface area contributed by atoms with Crippen molar-refractivity contribution < 1.29 is 14.4 Å². The molecule has 0 spiro atoms. The molecule has 4 amide bonds. The minimum Gasteiger partial charge on any atom is -0.354 e. The summed E-state index contributed by atoms with van der Waals surface area (Å²) >= 11 is 0. The molecule has 7 heteroatoms. The van der Waals surface area contributed by atoms with Gasteiger partial charge in [-0.3, -0.25) is 9.59 Å². The molecule has 1 saturated heterocycles. The molecule has 0 unspecified atom stereocenters. The van der Waals surface area contributed by atoms with Crippen LogP contribution in [0.5, 0.6) is 0 Å². The number of hydrogen-bond donors (Lipinski definition) is 3. The summed E-state index contributed by atoms with van der Waals surface area (Å²) in [6.45, 7) is 1.36. The van der Waals surface area contributed by atoms with Crippen molar-refractivity contribution in [1.29, 1.82) is 0 Å². The zero-order valence-electron chi connectivity index (χ0n) is 10.9. The highest BCUT2D eigenvalue weighted by Crippen LogP contribution is 2.12. The molecule has 4 N–H and O–H groups in total. The van der Waals surface area contributed by atoms with E-state index in [2.05, 4.69) is 10.6 Å². The quantitative estimate of drug-likeness (QED) is 0.715. The monoisotopic (exact) mass is 276 g/mol. The Balaban J connectivity index is 2.04. The van der Waals surface area contributed by atoms with Gasteiger partial charge in [0.25, 0.3) is 5.91 Å². The number of rotatable bonds is 2. The zero-order valence-corrected chi connectivity index (χ0v) is 10.9. The van der Waals surface area contributed by atoms with Gasteiger partial charge in [0.05, 0.1) is 0 Å². The number of carbonyl (C=O) groups is 3. The first-order valence-electron chi connectivity index (χ1n) is 6.29. The van der Waals surface area contributed by atoms with Crippen molar-refractivity contribution in [2.75, 3.05) is 25.0 Å². The van der Waals surface area contributed by atoms with Crippen LogP contribution < -0.4 is 16.4 Å². The Kier molecular flexibility index (Phi) is 4.19. The highest BCUT2D eigenvalue weighted by Gasteiger charge is 2.19. The third-order valence-electron chi connectivity index (χ3n) is 3.00. The second kappa shape index (κ2) is 6.05. The van der Waals surface area contributed by atoms with Gasteiger partial charge in [-0.25, -0.2) is 4.79 Å². The number of urea groups is 1. The lowest BCUT2D eigenvalue weighted by Crippen LogP contribution is -2.34. The van der Waals surface area contributed by atoms with Crippen LogP contribution in [0.25, 0.3) is 0 Å². The first-order valence-corrected chi connectivity index (χ1v) is 6.29. The summed E-state index contributed by atoms with van der Waals surface area (Å²) in [5, 5.41) is 5.14. The van der Waals surface area contributed by atoms with E-state index < -0.39 is 6.03 Å². The van der Waals surface area contributed by atoms with Gasteiger partial charge in [0, 0.05) is 37.3 Å². The maximum Gasteiger partial charge on any atom is 0.316 e. The number of benzene rings is 1. The first-order chi connectivity index (χ1) is 9.56. The average Bonchev–Trinajstić information content (AvgIpc) is 2.63. The number of nitrogens with zero attached hydrogens (tertiary/aromatic N) is 1. The summed E-state index contributed by atoms with van der Waals surface area (Å²) in [4.78, 5) is 35.8. The van der Waals surface area contributed by atoms with Crippen molar-refractivity contribution >= 4 is 23.5 Å². The Morgan fingerprint density at radius 1 is 1.20 bits per heavy atom. The van der Waals surface area contributed by atoms with E-state index in [9.17, 15) is 14.4 Å². The van der Waals surface area contributed by atoms with E-state index in [0.29, 0.717) is 37.3 Å². The molecule has 1 fully saturated rings. The summed E-state index contributed by atoms with van der Waals surface area (Å²) in [5.74, 6) is -0.173. The predicted octanol–water partition coefficient (Wildman–Crippen LogP) is 0.139. The van der Waals surface area contributed by atoms with E-state index in [-0.39, 0.29) is 11.8 Å². The van der Waals surface area contributed by atoms with E-state index >= 15 is 0 Å². The smallest absolute Gasteiger partial charge is 0.316 e. The Morgan fingerprint density at radius 2 is 1.90 bits per heavy atom. The van der Waals surface area contributed by atoms with E-state index in [4.69, 9.17) is 5.73 Å². The summed E-state index contributed by atoms with van der Waals surface area (Å²) in [7, 11) is 0. The number of nitrogens with one attached hydrogen (secondary N) is 2. The highest BCUT2D eigenvalue weighted by atomic mass is 16.2. The number of hydrogen-bond acceptors (Lipinski definition) is 3. The van der Waals surface area contributed by atoms with Gasteiger partial charge in [0.2, 0.25) is 5.91 Å². The molecule has 1 aromatic carbocycles. The van der Waals surface area contributed by atoms with Crippen LogP contribution in [0.15, 0.2) is 24.3 Å². The van der Waals surface area contributed by atoms with Crippen molar-refractivity contribution in [3.63, 3.8) is 0 Å². The van der Waals surface area contributed by atoms with Crippen molar-refractivity contribution in [2.45, 2.75) is 6.42 Å². The Hall–Kier alpha value is -2.57. The average molecular weight is 276 g/mol. The molecule has 1 aromatic rings. The Labute approximate surface area is 116 Å². The third kappa shape index (κ3) is 3.47. The SMILES string of the molecule is NC(=O)Nc1ccc(C(=O)N2CCNC(=O)CC2)cc1. The number of nitrogens with two attached hydrogens (primary N) is 1. The minimum absolute atomic E-state index is 0.0405. The molecule has 1 aliphatic heterocycles. The van der Waals surface area contributed by atoms with Crippen molar-refractivity contribution in [3.05, 3.63) is 29.8 Å². The van der Waals surface area contributed by atoms with Gasteiger partial charge in [0.1, 0.15) is 0 Å². The van der Waals surface area contributed by atoms with Gasteiger partial charge >= 0.3 is 6.03 Å². The van der Waals surface area contributed by atoms with Crippen LogP contribution in [0.2, 0.25) is 0 Å². The number of anilines is 1. The molecule has 0 radical (unpaired) electrons. The van der Waals surface area contributed by atoms with Gasteiger partial charge in [-0.05, 0) is 24.3 Å². The summed E-state index contributed by atoms with van der Waals surface area (Å²) < 4.78 is 0. The predicted molar refractivity (Wildman–Crippen MR) is 73.2 cm³/mol. The largest absolute Gasteiger partial charge is 0.354 e. The van der Waals surface area contributed by atoms with Crippen LogP contribution in [-0.2, 0) is 4.79 Å². The van der Waals surface area contributed by atoms with Gasteiger partial charge < -0.3 is 21.3 Å². The number of primary amides is 1. The second-order valence-corrected chi connectivity index (χ2v) is 4.46. The van der Waals surface area contributed by atoms with Crippen molar-refractivity contribution in [2.24, 2.45) is 5.73 Å². The molecule has 2 rings (SSSR count). The molecule has 7 nitrogen and oxygen atoms in total. The Morgan fingerprint density at radius 3 is 2.55 bits per heavy atom. The fourth-order valence-corrected chi connectivity index (χ4v) is 1.99. The Bertz CT molecular complexity index is 527. The highest BCUT2D eigenvalue weighted by molar-refractivity contribution is 5.95. The first kappa shape index (κ1) is 13.9. The van der Waals surface area contributed by atoms with Gasteiger partial charge in [0.15, 0.2) is 0 Å². The van der Waals surface area contributed by atoms with Crippen LogP contribution in [0.4, 0.5) is 10.5 Å². The lowest BCUT2D eigenvalue weighted by atomic mass is 10.1. The van der Waals surface area contributed by atoms with E-state index in [1.807, 2.05) is 0 Å². The fraction of sp³-hybridized carbons (Fsp3) is 0.308. The molecule has 0 aliphatic carbocycles. The topological polar surface area (TPSA) is 105 Å². The van der Waals surface area contributed by atoms with Gasteiger partial charge in [-0.1, -0.05) is 0 Å². The standard InChI is InChI=1S/C13H16N4O3/c14-13(20)16-10-3-1-9(2-4-10)12(19)17-7-5-11(18)15-6-8-17/h1-4H,5-8H2,(H,15,18)(H3,14,16,20). The summed E-state index contributed by atoms with van der Waals surface area (Å²) in [6, 6.07) is 5.81. The summed E-state index contributed by atoms with van der Waals surface area (Å²) in [6.07, 6.45) is 0.313. The lowest BCUT2D eigenvalue weighted by Gasteiger charge is -2.19. The molecule has 106 valence electrons. The normalized spacial score (nSPS) is 15.2. The molecule has 0 bridgehead atoms. The zero-order chi connectivity index (χ0) is 14.5. The molecular formula is C13H16N4O3. The molecule has 0 atom stereocenters. The molecule has 20 heavy (non-hydrogen) atoms. The van der Waals surface area contributed by atoms with E-state index in [0.717, 1.165) is 0 Å².